The first-order chi connectivity index (χ1) is 16.5. The third-order valence-corrected chi connectivity index (χ3v) is 6.53. The number of ether oxygens (including phenoxy) is 3. The number of nitrogens with zero attached hydrogens (tertiary/aromatic N) is 1. The van der Waals surface area contributed by atoms with Gasteiger partial charge in [-0.05, 0) is 62.3 Å². The maximum Gasteiger partial charge on any atom is 0.508 e. The minimum atomic E-state index is -0.843. The molecule has 34 heavy (non-hydrogen) atoms. The summed E-state index contributed by atoms with van der Waals surface area (Å²) in [6.07, 6.45) is 12.0. The predicted molar refractivity (Wildman–Crippen MR) is 127 cm³/mol. The normalized spacial score (nSPS) is 29.6. The molecule has 0 spiro atoms. The number of carbonyl (C=O) groups excluding carboxylic acids is 2. The number of aromatic nitrogens is 1. The van der Waals surface area contributed by atoms with Crippen LogP contribution in [0.15, 0.2) is 61.0 Å². The molecular weight excluding hydrogens is 434 g/mol. The number of carbonyl (C=O) groups is 2. The highest BCUT2D eigenvalue weighted by atomic mass is 16.7. The number of aliphatic hydroxyl groups excluding tert-OH is 1. The first-order valence-electron chi connectivity index (χ1n) is 11.9. The highest BCUT2D eigenvalue weighted by molar-refractivity contribution is 5.84. The molecule has 0 saturated heterocycles. The van der Waals surface area contributed by atoms with Gasteiger partial charge < -0.3 is 19.3 Å². The van der Waals surface area contributed by atoms with Gasteiger partial charge in [-0.3, -0.25) is 4.98 Å². The number of benzene rings is 1. The Kier molecular flexibility index (Phi) is 7.95. The van der Waals surface area contributed by atoms with Gasteiger partial charge in [0.2, 0.25) is 0 Å². The third kappa shape index (κ3) is 6.23. The summed E-state index contributed by atoms with van der Waals surface area (Å²) in [5.74, 6) is -0.583. The molecule has 2 aromatic rings. The van der Waals surface area contributed by atoms with Crippen molar-refractivity contribution < 1.29 is 28.9 Å². The van der Waals surface area contributed by atoms with E-state index in [1.165, 1.54) is 12.2 Å². The fraction of sp³-hybridized carbons (Fsp3) is 0.444. The van der Waals surface area contributed by atoms with Gasteiger partial charge in [0.15, 0.2) is 0 Å². The van der Waals surface area contributed by atoms with E-state index < -0.39 is 18.2 Å². The molecule has 4 rings (SSSR count). The Bertz CT molecular complexity index is 1060. The van der Waals surface area contributed by atoms with Crippen LogP contribution < -0.4 is 0 Å². The lowest BCUT2D eigenvalue weighted by molar-refractivity contribution is -0.142. The monoisotopic (exact) mass is 465 g/mol. The second-order valence-corrected chi connectivity index (χ2v) is 9.05. The van der Waals surface area contributed by atoms with Crippen molar-refractivity contribution >= 4 is 22.9 Å². The Morgan fingerprint density at radius 1 is 1.21 bits per heavy atom. The van der Waals surface area contributed by atoms with Crippen LogP contribution in [0, 0.1) is 11.8 Å². The van der Waals surface area contributed by atoms with Gasteiger partial charge in [0.25, 0.3) is 0 Å². The van der Waals surface area contributed by atoms with Crippen molar-refractivity contribution in [2.45, 2.75) is 63.9 Å². The molecule has 1 fully saturated rings. The first-order valence-corrected chi connectivity index (χ1v) is 11.9. The number of rotatable bonds is 3. The lowest BCUT2D eigenvalue weighted by Gasteiger charge is -2.19. The van der Waals surface area contributed by atoms with Crippen molar-refractivity contribution in [2.75, 3.05) is 0 Å². The van der Waals surface area contributed by atoms with Crippen molar-refractivity contribution in [2.24, 2.45) is 11.8 Å². The predicted octanol–water partition coefficient (Wildman–Crippen LogP) is 4.87. The molecule has 5 atom stereocenters. The molecule has 0 radical (unpaired) electrons. The van der Waals surface area contributed by atoms with Crippen molar-refractivity contribution in [1.82, 2.24) is 4.98 Å². The number of cyclic esters (lactones) is 1. The zero-order chi connectivity index (χ0) is 23.9. The summed E-state index contributed by atoms with van der Waals surface area (Å²) in [5.41, 5.74) is 0.809. The Hall–Kier alpha value is -3.19. The lowest BCUT2D eigenvalue weighted by atomic mass is 9.90. The van der Waals surface area contributed by atoms with Crippen LogP contribution in [-0.4, -0.2) is 40.5 Å². The number of fused-ring (bicyclic) bond motifs is 2. The van der Waals surface area contributed by atoms with Gasteiger partial charge in [-0.15, -0.1) is 0 Å². The van der Waals surface area contributed by atoms with Crippen molar-refractivity contribution in [1.29, 1.82) is 0 Å². The van der Waals surface area contributed by atoms with E-state index in [4.69, 9.17) is 14.2 Å². The molecule has 7 heteroatoms. The number of pyridine rings is 1. The molecule has 7 nitrogen and oxygen atoms in total. The van der Waals surface area contributed by atoms with E-state index in [-0.39, 0.29) is 30.7 Å². The van der Waals surface area contributed by atoms with Crippen LogP contribution in [0.1, 0.15) is 44.6 Å². The smallest absolute Gasteiger partial charge is 0.460 e. The van der Waals surface area contributed by atoms with E-state index >= 15 is 0 Å². The maximum absolute atomic E-state index is 12.4. The molecule has 1 aromatic heterocycles. The molecule has 1 aromatic carbocycles. The molecule has 0 bridgehead atoms. The average molecular weight is 466 g/mol. The van der Waals surface area contributed by atoms with E-state index in [2.05, 4.69) is 17.1 Å². The van der Waals surface area contributed by atoms with Gasteiger partial charge in [-0.2, -0.15) is 0 Å². The topological polar surface area (TPSA) is 95.0 Å². The van der Waals surface area contributed by atoms with Gasteiger partial charge >= 0.3 is 12.1 Å². The minimum absolute atomic E-state index is 0.0360. The zero-order valence-corrected chi connectivity index (χ0v) is 19.3. The van der Waals surface area contributed by atoms with Gasteiger partial charge in [0.05, 0.1) is 12.2 Å². The van der Waals surface area contributed by atoms with Crippen LogP contribution in [0.25, 0.3) is 10.8 Å². The highest BCUT2D eigenvalue weighted by Gasteiger charge is 2.38. The molecule has 1 aliphatic heterocycles. The van der Waals surface area contributed by atoms with E-state index in [1.54, 1.807) is 12.4 Å². The standard InChI is InChI=1S/C27H31NO6/c1-18-7-3-2-4-8-19-13-22(14-24(19)25(29)11-12-26(30)33-18)34-27(31)32-17-21-16-28-15-20-9-5-6-10-23(20)21/h4-6,8-12,15-16,18-19,22,24-25,29H,2-3,7,13-14,17H2,1H3/b8-4+,12-11+/t18-,19+,22-,24+,25+/m0/s1. The summed E-state index contributed by atoms with van der Waals surface area (Å²) in [5, 5.41) is 12.7. The fourth-order valence-corrected chi connectivity index (χ4v) is 4.77. The number of hydrogen-bond acceptors (Lipinski definition) is 7. The molecule has 0 unspecified atom stereocenters. The Labute approximate surface area is 199 Å². The van der Waals surface area contributed by atoms with Gasteiger partial charge in [0.1, 0.15) is 12.7 Å². The van der Waals surface area contributed by atoms with Gasteiger partial charge in [0, 0.05) is 29.4 Å². The van der Waals surface area contributed by atoms with Crippen molar-refractivity contribution in [3.63, 3.8) is 0 Å². The third-order valence-electron chi connectivity index (χ3n) is 6.53. The van der Waals surface area contributed by atoms with E-state index in [1.807, 2.05) is 31.2 Å². The second-order valence-electron chi connectivity index (χ2n) is 9.05. The van der Waals surface area contributed by atoms with E-state index in [9.17, 15) is 14.7 Å². The molecule has 2 heterocycles. The summed E-state index contributed by atoms with van der Waals surface area (Å²) in [6.45, 7) is 1.94. The van der Waals surface area contributed by atoms with Crippen LogP contribution in [-0.2, 0) is 25.6 Å². The largest absolute Gasteiger partial charge is 0.508 e. The molecule has 1 saturated carbocycles. The summed E-state index contributed by atoms with van der Waals surface area (Å²) >= 11 is 0. The summed E-state index contributed by atoms with van der Waals surface area (Å²) in [4.78, 5) is 28.6. The van der Waals surface area contributed by atoms with Crippen LogP contribution in [0.3, 0.4) is 0 Å². The zero-order valence-electron chi connectivity index (χ0n) is 19.3. The SMILES string of the molecule is C[C@H]1CCC/C=C/[C@@H]2C[C@H](OC(=O)OCc3cncc4ccccc34)C[C@H]2[C@H](O)/C=C/C(=O)O1. The fourth-order valence-electron chi connectivity index (χ4n) is 4.77. The van der Waals surface area contributed by atoms with Crippen LogP contribution >= 0.6 is 0 Å². The highest BCUT2D eigenvalue weighted by Crippen LogP contribution is 2.38. The van der Waals surface area contributed by atoms with E-state index in [0.717, 1.165) is 35.6 Å². The van der Waals surface area contributed by atoms with Crippen molar-refractivity contribution in [3.8, 4) is 0 Å². The molecule has 0 amide bonds. The Morgan fingerprint density at radius 2 is 2.06 bits per heavy atom. The molecular formula is C27H31NO6. The summed E-state index contributed by atoms with van der Waals surface area (Å²) < 4.78 is 16.3. The molecule has 1 N–H and O–H groups in total. The molecule has 180 valence electrons. The summed E-state index contributed by atoms with van der Waals surface area (Å²) in [7, 11) is 0. The second kappa shape index (κ2) is 11.3. The minimum Gasteiger partial charge on any atom is -0.460 e. The average Bonchev–Trinajstić information content (AvgIpc) is 3.23. The lowest BCUT2D eigenvalue weighted by Crippen LogP contribution is -2.22. The van der Waals surface area contributed by atoms with Crippen molar-refractivity contribution in [3.05, 3.63) is 66.5 Å². The number of aliphatic hydroxyl groups is 1. The van der Waals surface area contributed by atoms with Crippen LogP contribution in [0.5, 0.6) is 0 Å². The van der Waals surface area contributed by atoms with Gasteiger partial charge in [-0.25, -0.2) is 9.59 Å². The summed E-state index contributed by atoms with van der Waals surface area (Å²) in [6, 6.07) is 7.78. The van der Waals surface area contributed by atoms with E-state index in [0.29, 0.717) is 12.8 Å². The molecule has 1 aliphatic carbocycles. The van der Waals surface area contributed by atoms with Crippen LogP contribution in [0.4, 0.5) is 4.79 Å². The molecule has 2 aliphatic rings. The number of allylic oxidation sites excluding steroid dienone is 2. The van der Waals surface area contributed by atoms with Crippen LogP contribution in [0.2, 0.25) is 0 Å². The quantitative estimate of drug-likeness (QED) is 0.510. The Balaban J connectivity index is 1.37. The first kappa shape index (κ1) is 24.0. The Morgan fingerprint density at radius 3 is 2.94 bits per heavy atom. The number of esters is 1. The number of hydrogen-bond donors (Lipinski definition) is 1. The maximum atomic E-state index is 12.4. The van der Waals surface area contributed by atoms with Gasteiger partial charge in [-0.1, -0.05) is 36.4 Å².